The fraction of sp³-hybridized carbons (Fsp3) is 0.571. The van der Waals surface area contributed by atoms with Crippen LogP contribution in [-0.4, -0.2) is 44.2 Å². The first-order valence-corrected chi connectivity index (χ1v) is 6.21. The molecule has 0 amide bonds. The maximum Gasteiger partial charge on any atom is 0.0945 e. The Morgan fingerprint density at radius 2 is 2.00 bits per heavy atom. The van der Waals surface area contributed by atoms with E-state index in [2.05, 4.69) is 5.32 Å². The SMILES string of the molecule is COCC(C)OCC(O)CNc1ccccc1C. The van der Waals surface area contributed by atoms with Gasteiger partial charge < -0.3 is 19.9 Å². The molecule has 0 heterocycles. The van der Waals surface area contributed by atoms with Crippen LogP contribution in [0.4, 0.5) is 5.69 Å². The first-order valence-electron chi connectivity index (χ1n) is 6.21. The van der Waals surface area contributed by atoms with E-state index < -0.39 is 6.10 Å². The highest BCUT2D eigenvalue weighted by Crippen LogP contribution is 2.12. The maximum absolute atomic E-state index is 9.79. The zero-order valence-electron chi connectivity index (χ0n) is 11.3. The Morgan fingerprint density at radius 3 is 2.67 bits per heavy atom. The fourth-order valence-corrected chi connectivity index (χ4v) is 1.62. The standard InChI is InChI=1S/C14H23NO3/c1-11-6-4-5-7-14(11)15-8-13(16)10-18-12(2)9-17-3/h4-7,12-13,15-16H,8-10H2,1-3H3. The molecule has 0 aromatic heterocycles. The zero-order valence-corrected chi connectivity index (χ0v) is 11.3. The normalized spacial score (nSPS) is 14.2. The van der Waals surface area contributed by atoms with Crippen molar-refractivity contribution in [2.75, 3.05) is 32.2 Å². The third-order valence-electron chi connectivity index (χ3n) is 2.65. The minimum Gasteiger partial charge on any atom is -0.389 e. The van der Waals surface area contributed by atoms with Crippen LogP contribution in [0, 0.1) is 6.92 Å². The highest BCUT2D eigenvalue weighted by atomic mass is 16.5. The molecule has 0 spiro atoms. The van der Waals surface area contributed by atoms with Gasteiger partial charge in [0.05, 0.1) is 25.4 Å². The third kappa shape index (κ3) is 5.49. The van der Waals surface area contributed by atoms with E-state index in [0.29, 0.717) is 19.8 Å². The number of para-hydroxylation sites is 1. The van der Waals surface area contributed by atoms with E-state index in [1.807, 2.05) is 38.1 Å². The molecule has 0 aliphatic heterocycles. The molecule has 4 nitrogen and oxygen atoms in total. The summed E-state index contributed by atoms with van der Waals surface area (Å²) in [5.41, 5.74) is 2.21. The van der Waals surface area contributed by atoms with Gasteiger partial charge in [0.2, 0.25) is 0 Å². The van der Waals surface area contributed by atoms with Crippen molar-refractivity contribution in [1.29, 1.82) is 0 Å². The molecule has 0 bridgehead atoms. The van der Waals surface area contributed by atoms with Crippen molar-refractivity contribution in [2.45, 2.75) is 26.1 Å². The van der Waals surface area contributed by atoms with Crippen molar-refractivity contribution >= 4 is 5.69 Å². The minimum absolute atomic E-state index is 0.00288. The van der Waals surface area contributed by atoms with Gasteiger partial charge in [0, 0.05) is 19.3 Å². The molecular weight excluding hydrogens is 230 g/mol. The number of anilines is 1. The van der Waals surface area contributed by atoms with E-state index in [4.69, 9.17) is 9.47 Å². The molecular formula is C14H23NO3. The van der Waals surface area contributed by atoms with Gasteiger partial charge in [0.25, 0.3) is 0 Å². The summed E-state index contributed by atoms with van der Waals surface area (Å²) in [6, 6.07) is 7.99. The molecule has 2 atom stereocenters. The van der Waals surface area contributed by atoms with E-state index >= 15 is 0 Å². The lowest BCUT2D eigenvalue weighted by atomic mass is 10.2. The van der Waals surface area contributed by atoms with Crippen molar-refractivity contribution < 1.29 is 14.6 Å². The predicted molar refractivity (Wildman–Crippen MR) is 73.0 cm³/mol. The smallest absolute Gasteiger partial charge is 0.0945 e. The number of benzene rings is 1. The quantitative estimate of drug-likeness (QED) is 0.742. The number of methoxy groups -OCH3 is 1. The van der Waals surface area contributed by atoms with Gasteiger partial charge in [0.15, 0.2) is 0 Å². The average Bonchev–Trinajstić information content (AvgIpc) is 2.36. The lowest BCUT2D eigenvalue weighted by Gasteiger charge is -2.17. The van der Waals surface area contributed by atoms with E-state index in [0.717, 1.165) is 5.69 Å². The van der Waals surface area contributed by atoms with E-state index in [1.54, 1.807) is 7.11 Å². The van der Waals surface area contributed by atoms with E-state index in [1.165, 1.54) is 5.56 Å². The van der Waals surface area contributed by atoms with Crippen molar-refractivity contribution in [1.82, 2.24) is 0 Å². The second kappa shape index (κ2) is 8.08. The van der Waals surface area contributed by atoms with Crippen molar-refractivity contribution in [3.8, 4) is 0 Å². The van der Waals surface area contributed by atoms with Gasteiger partial charge in [0.1, 0.15) is 0 Å². The van der Waals surface area contributed by atoms with Crippen molar-refractivity contribution in [2.24, 2.45) is 0 Å². The fourth-order valence-electron chi connectivity index (χ4n) is 1.62. The number of hydrogen-bond donors (Lipinski definition) is 2. The molecule has 18 heavy (non-hydrogen) atoms. The maximum atomic E-state index is 9.79. The number of aryl methyl sites for hydroxylation is 1. The van der Waals surface area contributed by atoms with Crippen LogP contribution in [0.2, 0.25) is 0 Å². The van der Waals surface area contributed by atoms with Crippen LogP contribution in [0.3, 0.4) is 0 Å². The number of aliphatic hydroxyl groups excluding tert-OH is 1. The second-order valence-electron chi connectivity index (χ2n) is 4.45. The summed E-state index contributed by atoms with van der Waals surface area (Å²) in [5, 5.41) is 13.0. The largest absolute Gasteiger partial charge is 0.389 e. The van der Waals surface area contributed by atoms with Gasteiger partial charge in [-0.3, -0.25) is 0 Å². The molecule has 2 N–H and O–H groups in total. The highest BCUT2D eigenvalue weighted by Gasteiger charge is 2.08. The summed E-state index contributed by atoms with van der Waals surface area (Å²) in [5.74, 6) is 0. The van der Waals surface area contributed by atoms with Crippen LogP contribution >= 0.6 is 0 Å². The Balaban J connectivity index is 2.25. The molecule has 102 valence electrons. The Hall–Kier alpha value is -1.10. The number of rotatable bonds is 8. The molecule has 0 saturated heterocycles. The van der Waals surface area contributed by atoms with Gasteiger partial charge in [-0.1, -0.05) is 18.2 Å². The molecule has 0 saturated carbocycles. The van der Waals surface area contributed by atoms with Gasteiger partial charge in [-0.25, -0.2) is 0 Å². The number of hydrogen-bond acceptors (Lipinski definition) is 4. The summed E-state index contributed by atoms with van der Waals surface area (Å²) in [6.45, 7) is 5.28. The van der Waals surface area contributed by atoms with Gasteiger partial charge >= 0.3 is 0 Å². The van der Waals surface area contributed by atoms with Crippen LogP contribution in [0.5, 0.6) is 0 Å². The van der Waals surface area contributed by atoms with E-state index in [-0.39, 0.29) is 6.10 Å². The van der Waals surface area contributed by atoms with Crippen LogP contribution in [-0.2, 0) is 9.47 Å². The predicted octanol–water partition coefficient (Wildman–Crippen LogP) is 1.82. The number of aliphatic hydroxyl groups is 1. The topological polar surface area (TPSA) is 50.7 Å². The number of nitrogens with one attached hydrogen (secondary N) is 1. The summed E-state index contributed by atoms with van der Waals surface area (Å²) in [6.07, 6.45) is -0.521. The van der Waals surface area contributed by atoms with Crippen LogP contribution in [0.15, 0.2) is 24.3 Å². The Bertz CT molecular complexity index is 344. The van der Waals surface area contributed by atoms with Crippen LogP contribution < -0.4 is 5.32 Å². The molecule has 0 radical (unpaired) electrons. The lowest BCUT2D eigenvalue weighted by molar-refractivity contribution is -0.0282. The molecule has 0 aliphatic carbocycles. The molecule has 1 aromatic carbocycles. The third-order valence-corrected chi connectivity index (χ3v) is 2.65. The summed E-state index contributed by atoms with van der Waals surface area (Å²) < 4.78 is 10.4. The molecule has 0 aliphatic rings. The summed E-state index contributed by atoms with van der Waals surface area (Å²) in [4.78, 5) is 0. The Morgan fingerprint density at radius 1 is 1.28 bits per heavy atom. The molecule has 2 unspecified atom stereocenters. The van der Waals surface area contributed by atoms with Crippen LogP contribution in [0.25, 0.3) is 0 Å². The second-order valence-corrected chi connectivity index (χ2v) is 4.45. The summed E-state index contributed by atoms with van der Waals surface area (Å²) in [7, 11) is 1.63. The molecule has 0 fully saturated rings. The van der Waals surface area contributed by atoms with Gasteiger partial charge in [-0.15, -0.1) is 0 Å². The molecule has 4 heteroatoms. The molecule has 1 aromatic rings. The van der Waals surface area contributed by atoms with Gasteiger partial charge in [-0.2, -0.15) is 0 Å². The van der Waals surface area contributed by atoms with Crippen LogP contribution in [0.1, 0.15) is 12.5 Å². The minimum atomic E-state index is -0.524. The highest BCUT2D eigenvalue weighted by molar-refractivity contribution is 5.50. The van der Waals surface area contributed by atoms with Crippen molar-refractivity contribution in [3.63, 3.8) is 0 Å². The Labute approximate surface area is 109 Å². The lowest BCUT2D eigenvalue weighted by Crippen LogP contribution is -2.28. The van der Waals surface area contributed by atoms with Crippen molar-refractivity contribution in [3.05, 3.63) is 29.8 Å². The zero-order chi connectivity index (χ0) is 13.4. The number of ether oxygens (including phenoxy) is 2. The first kappa shape index (κ1) is 15.0. The van der Waals surface area contributed by atoms with E-state index in [9.17, 15) is 5.11 Å². The Kier molecular flexibility index (Phi) is 6.72. The monoisotopic (exact) mass is 253 g/mol. The average molecular weight is 253 g/mol. The molecule has 1 rings (SSSR count). The first-order chi connectivity index (χ1) is 8.63. The van der Waals surface area contributed by atoms with Gasteiger partial charge in [-0.05, 0) is 25.5 Å². The summed E-state index contributed by atoms with van der Waals surface area (Å²) >= 11 is 0.